The number of benzene rings is 1. The molecule has 0 radical (unpaired) electrons. The number of aromatic nitrogens is 4. The lowest BCUT2D eigenvalue weighted by molar-refractivity contribution is 0.140. The normalized spacial score (nSPS) is 16.5. The van der Waals surface area contributed by atoms with Crippen LogP contribution in [-0.2, 0) is 6.54 Å². The maximum Gasteiger partial charge on any atom is 0.204 e. The molecule has 0 amide bonds. The monoisotopic (exact) mass is 259 g/mol. The molecule has 1 aromatic heterocycles. The van der Waals surface area contributed by atoms with Gasteiger partial charge >= 0.3 is 0 Å². The highest BCUT2D eigenvalue weighted by atomic mass is 16.3. The molecule has 1 aromatic carbocycles. The Labute approximate surface area is 111 Å². The fourth-order valence-corrected chi connectivity index (χ4v) is 1.87. The van der Waals surface area contributed by atoms with Crippen molar-refractivity contribution in [2.24, 2.45) is 0 Å². The van der Waals surface area contributed by atoms with Gasteiger partial charge < -0.3 is 10.4 Å². The van der Waals surface area contributed by atoms with Crippen LogP contribution in [0.5, 0.6) is 0 Å². The van der Waals surface area contributed by atoms with Gasteiger partial charge in [-0.15, -0.1) is 10.2 Å². The predicted molar refractivity (Wildman–Crippen MR) is 70.3 cm³/mol. The molecule has 0 saturated heterocycles. The number of aliphatic hydroxyl groups excluding tert-OH is 1. The number of aliphatic hydroxyl groups is 1. The third-order valence-electron chi connectivity index (χ3n) is 3.08. The smallest absolute Gasteiger partial charge is 0.204 e. The molecule has 100 valence electrons. The molecule has 2 aromatic rings. The molecular weight excluding hydrogens is 242 g/mol. The van der Waals surface area contributed by atoms with Crippen molar-refractivity contribution in [2.45, 2.75) is 31.5 Å². The minimum Gasteiger partial charge on any atom is -0.390 e. The molecule has 6 nitrogen and oxygen atoms in total. The second-order valence-corrected chi connectivity index (χ2v) is 4.87. The van der Waals surface area contributed by atoms with Crippen LogP contribution >= 0.6 is 0 Å². The number of hydrogen-bond donors (Lipinski definition) is 2. The average molecular weight is 259 g/mol. The largest absolute Gasteiger partial charge is 0.390 e. The van der Waals surface area contributed by atoms with Crippen molar-refractivity contribution in [1.29, 1.82) is 0 Å². The summed E-state index contributed by atoms with van der Waals surface area (Å²) in [4.78, 5) is 1.45. The van der Waals surface area contributed by atoms with Crippen molar-refractivity contribution in [3.63, 3.8) is 0 Å². The van der Waals surface area contributed by atoms with E-state index in [-0.39, 0.29) is 0 Å². The first kappa shape index (κ1) is 12.3. The molecule has 0 spiro atoms. The third-order valence-corrected chi connectivity index (χ3v) is 3.08. The van der Waals surface area contributed by atoms with Crippen molar-refractivity contribution in [1.82, 2.24) is 25.5 Å². The first-order valence-electron chi connectivity index (χ1n) is 6.56. The van der Waals surface area contributed by atoms with E-state index in [1.54, 1.807) is 0 Å². The van der Waals surface area contributed by atoms with Gasteiger partial charge in [0.05, 0.1) is 12.6 Å². The van der Waals surface area contributed by atoms with Crippen molar-refractivity contribution in [3.8, 4) is 11.4 Å². The summed E-state index contributed by atoms with van der Waals surface area (Å²) in [5.41, 5.74) is 0.930. The van der Waals surface area contributed by atoms with Crippen molar-refractivity contribution >= 4 is 0 Å². The Morgan fingerprint density at radius 2 is 2.11 bits per heavy atom. The lowest BCUT2D eigenvalue weighted by atomic mass is 10.2. The fourth-order valence-electron chi connectivity index (χ4n) is 1.87. The standard InChI is InChI=1S/C13H17N5O/c19-12(8-14-11-6-7-11)9-18-16-13(15-17-18)10-4-2-1-3-5-10/h1-5,11-12,14,19H,6-9H2. The van der Waals surface area contributed by atoms with Crippen LogP contribution in [0.15, 0.2) is 30.3 Å². The minimum absolute atomic E-state index is 0.361. The second kappa shape index (κ2) is 5.46. The number of hydrogen-bond acceptors (Lipinski definition) is 5. The van der Waals surface area contributed by atoms with Gasteiger partial charge in [-0.2, -0.15) is 4.80 Å². The van der Waals surface area contributed by atoms with E-state index >= 15 is 0 Å². The zero-order valence-electron chi connectivity index (χ0n) is 10.6. The molecule has 1 aliphatic rings. The van der Waals surface area contributed by atoms with Crippen LogP contribution in [0, 0.1) is 0 Å². The van der Waals surface area contributed by atoms with Crippen LogP contribution in [0.2, 0.25) is 0 Å². The minimum atomic E-state index is -0.488. The highest BCUT2D eigenvalue weighted by molar-refractivity contribution is 5.52. The van der Waals surface area contributed by atoms with Crippen LogP contribution in [0.1, 0.15) is 12.8 Å². The Balaban J connectivity index is 1.58. The maximum absolute atomic E-state index is 9.87. The summed E-state index contributed by atoms with van der Waals surface area (Å²) in [6, 6.07) is 10.3. The molecule has 3 rings (SSSR count). The van der Waals surface area contributed by atoms with Crippen LogP contribution < -0.4 is 5.32 Å². The van der Waals surface area contributed by atoms with Crippen LogP contribution in [-0.4, -0.2) is 44.0 Å². The molecule has 1 saturated carbocycles. The number of nitrogens with zero attached hydrogens (tertiary/aromatic N) is 4. The lowest BCUT2D eigenvalue weighted by Gasteiger charge is -2.09. The number of tetrazole rings is 1. The van der Waals surface area contributed by atoms with Gasteiger partial charge in [0.2, 0.25) is 5.82 Å². The Morgan fingerprint density at radius 3 is 2.84 bits per heavy atom. The van der Waals surface area contributed by atoms with Gasteiger partial charge in [0.1, 0.15) is 0 Å². The molecule has 0 bridgehead atoms. The molecule has 1 heterocycles. The summed E-state index contributed by atoms with van der Waals surface area (Å²) < 4.78 is 0. The van der Waals surface area contributed by atoms with Crippen LogP contribution in [0.4, 0.5) is 0 Å². The maximum atomic E-state index is 9.87. The Kier molecular flexibility index (Phi) is 3.52. The number of nitrogens with one attached hydrogen (secondary N) is 1. The van der Waals surface area contributed by atoms with Crippen LogP contribution in [0.3, 0.4) is 0 Å². The van der Waals surface area contributed by atoms with Crippen LogP contribution in [0.25, 0.3) is 11.4 Å². The topological polar surface area (TPSA) is 75.9 Å². The SMILES string of the molecule is OC(CNC1CC1)Cn1nnc(-c2ccccc2)n1. The fraction of sp³-hybridized carbons (Fsp3) is 0.462. The van der Waals surface area contributed by atoms with Gasteiger partial charge in [-0.3, -0.25) is 0 Å². The Morgan fingerprint density at radius 1 is 1.32 bits per heavy atom. The summed E-state index contributed by atoms with van der Waals surface area (Å²) >= 11 is 0. The summed E-state index contributed by atoms with van der Waals surface area (Å²) in [7, 11) is 0. The molecule has 1 aliphatic carbocycles. The quantitative estimate of drug-likeness (QED) is 0.788. The molecule has 2 N–H and O–H groups in total. The Hall–Kier alpha value is -1.79. The van der Waals surface area contributed by atoms with E-state index < -0.39 is 6.10 Å². The summed E-state index contributed by atoms with van der Waals surface area (Å²) in [6.45, 7) is 0.937. The molecule has 19 heavy (non-hydrogen) atoms. The lowest BCUT2D eigenvalue weighted by Crippen LogP contribution is -2.32. The molecule has 0 aliphatic heterocycles. The first-order chi connectivity index (χ1) is 9.31. The van der Waals surface area contributed by atoms with Gasteiger partial charge in [-0.1, -0.05) is 30.3 Å². The predicted octanol–water partition coefficient (Wildman–Crippen LogP) is 0.453. The van der Waals surface area contributed by atoms with E-state index in [4.69, 9.17) is 0 Å². The zero-order valence-corrected chi connectivity index (χ0v) is 10.6. The Bertz CT molecular complexity index is 523. The van der Waals surface area contributed by atoms with Crippen molar-refractivity contribution in [3.05, 3.63) is 30.3 Å². The highest BCUT2D eigenvalue weighted by Crippen LogP contribution is 2.18. The van der Waals surface area contributed by atoms with Gasteiger partial charge in [0, 0.05) is 18.2 Å². The molecule has 1 atom stereocenters. The molecular formula is C13H17N5O. The molecule has 1 unspecified atom stereocenters. The zero-order chi connectivity index (χ0) is 13.1. The van der Waals surface area contributed by atoms with E-state index in [0.717, 1.165) is 5.56 Å². The summed E-state index contributed by atoms with van der Waals surface area (Å²) in [5.74, 6) is 0.586. The summed E-state index contributed by atoms with van der Waals surface area (Å²) in [6.07, 6.45) is 1.94. The highest BCUT2D eigenvalue weighted by Gasteiger charge is 2.21. The van der Waals surface area contributed by atoms with Gasteiger partial charge in [0.15, 0.2) is 0 Å². The van der Waals surface area contributed by atoms with E-state index in [2.05, 4.69) is 20.7 Å². The molecule has 6 heteroatoms. The second-order valence-electron chi connectivity index (χ2n) is 4.87. The van der Waals surface area contributed by atoms with Gasteiger partial charge in [-0.25, -0.2) is 0 Å². The van der Waals surface area contributed by atoms with Crippen molar-refractivity contribution in [2.75, 3.05) is 6.54 Å². The molecule has 1 fully saturated rings. The average Bonchev–Trinajstić information content (AvgIpc) is 3.16. The van der Waals surface area contributed by atoms with E-state index in [0.29, 0.717) is 25.0 Å². The van der Waals surface area contributed by atoms with Gasteiger partial charge in [0.25, 0.3) is 0 Å². The van der Waals surface area contributed by atoms with Crippen molar-refractivity contribution < 1.29 is 5.11 Å². The summed E-state index contributed by atoms with van der Waals surface area (Å²) in [5, 5.41) is 25.4. The first-order valence-corrected chi connectivity index (χ1v) is 6.56. The van der Waals surface area contributed by atoms with E-state index in [9.17, 15) is 5.11 Å². The third kappa shape index (κ3) is 3.36. The van der Waals surface area contributed by atoms with Gasteiger partial charge in [-0.05, 0) is 18.1 Å². The van der Waals surface area contributed by atoms with E-state index in [1.807, 2.05) is 30.3 Å². The number of rotatable bonds is 6. The van der Waals surface area contributed by atoms with E-state index in [1.165, 1.54) is 17.6 Å².